The third kappa shape index (κ3) is 4.47. The Balaban J connectivity index is 1.45. The summed E-state index contributed by atoms with van der Waals surface area (Å²) in [6.45, 7) is 6.81. The van der Waals surface area contributed by atoms with Crippen LogP contribution in [0.15, 0.2) is 24.3 Å². The van der Waals surface area contributed by atoms with E-state index >= 15 is 0 Å². The molecule has 0 bridgehead atoms. The summed E-state index contributed by atoms with van der Waals surface area (Å²) in [4.78, 5) is 16.8. The van der Waals surface area contributed by atoms with E-state index in [0.717, 1.165) is 67.2 Å². The maximum absolute atomic E-state index is 6.41. The Morgan fingerprint density at radius 1 is 1.12 bits per heavy atom. The Bertz CT molecular complexity index is 934. The standard InChI is InChI=1S/C24H33N5O3/c1-27-9-4-5-18(16-27)17-32-23-21-8-10-29(19-6-3-7-20(15-19)30-2)22(21)25-24(26-23)28-11-13-31-14-12-28/h3,6-7,15,18H,4-5,8-14,16-17H2,1-2H3. The molecule has 8 nitrogen and oxygen atoms in total. The molecule has 0 N–H and O–H groups in total. The monoisotopic (exact) mass is 439 g/mol. The largest absolute Gasteiger partial charge is 0.497 e. The SMILES string of the molecule is COc1cccc(N2CCc3c(OCC4CCCN(C)C4)nc(N4CCOCC4)nc32)c1. The van der Waals surface area contributed by atoms with Gasteiger partial charge in [-0.3, -0.25) is 0 Å². The van der Waals surface area contributed by atoms with Gasteiger partial charge in [0.25, 0.3) is 0 Å². The normalized spacial score (nSPS) is 21.5. The van der Waals surface area contributed by atoms with Crippen molar-refractivity contribution in [2.24, 2.45) is 5.92 Å². The number of fused-ring (bicyclic) bond motifs is 1. The second-order valence-electron chi connectivity index (χ2n) is 8.91. The van der Waals surface area contributed by atoms with E-state index in [1.807, 2.05) is 12.1 Å². The number of anilines is 3. The number of methoxy groups -OCH3 is 1. The zero-order chi connectivity index (χ0) is 21.9. The van der Waals surface area contributed by atoms with Gasteiger partial charge in [-0.05, 0) is 45.0 Å². The molecule has 0 amide bonds. The van der Waals surface area contributed by atoms with Crippen LogP contribution in [0.3, 0.4) is 0 Å². The van der Waals surface area contributed by atoms with Crippen LogP contribution >= 0.6 is 0 Å². The van der Waals surface area contributed by atoms with Crippen LogP contribution in [-0.4, -0.2) is 81.6 Å². The van der Waals surface area contributed by atoms with Crippen LogP contribution in [0, 0.1) is 5.92 Å². The lowest BCUT2D eigenvalue weighted by Gasteiger charge is -2.30. The van der Waals surface area contributed by atoms with E-state index in [4.69, 9.17) is 24.2 Å². The summed E-state index contributed by atoms with van der Waals surface area (Å²) in [6, 6.07) is 8.15. The molecular weight excluding hydrogens is 406 g/mol. The predicted molar refractivity (Wildman–Crippen MR) is 124 cm³/mol. The van der Waals surface area contributed by atoms with Crippen molar-refractivity contribution < 1.29 is 14.2 Å². The van der Waals surface area contributed by atoms with Gasteiger partial charge in [0.05, 0.1) is 32.5 Å². The van der Waals surface area contributed by atoms with Crippen LogP contribution in [0.2, 0.25) is 0 Å². The van der Waals surface area contributed by atoms with Crippen molar-refractivity contribution in [3.8, 4) is 11.6 Å². The van der Waals surface area contributed by atoms with Gasteiger partial charge in [0.1, 0.15) is 11.6 Å². The number of morpholine rings is 1. The van der Waals surface area contributed by atoms with Gasteiger partial charge in [-0.25, -0.2) is 0 Å². The molecule has 3 aliphatic rings. The quantitative estimate of drug-likeness (QED) is 0.681. The smallest absolute Gasteiger partial charge is 0.230 e. The van der Waals surface area contributed by atoms with E-state index < -0.39 is 0 Å². The highest BCUT2D eigenvalue weighted by atomic mass is 16.5. The topological polar surface area (TPSA) is 63.2 Å². The van der Waals surface area contributed by atoms with E-state index in [1.165, 1.54) is 19.4 Å². The lowest BCUT2D eigenvalue weighted by Crippen LogP contribution is -2.37. The molecule has 1 aromatic carbocycles. The van der Waals surface area contributed by atoms with Gasteiger partial charge in [-0.15, -0.1) is 0 Å². The van der Waals surface area contributed by atoms with E-state index in [9.17, 15) is 0 Å². The second kappa shape index (κ2) is 9.50. The molecule has 2 saturated heterocycles. The highest BCUT2D eigenvalue weighted by Gasteiger charge is 2.30. The maximum Gasteiger partial charge on any atom is 0.230 e. The first-order valence-electron chi connectivity index (χ1n) is 11.7. The number of hydrogen-bond donors (Lipinski definition) is 0. The Kier molecular flexibility index (Phi) is 6.32. The van der Waals surface area contributed by atoms with Gasteiger partial charge in [-0.1, -0.05) is 6.07 Å². The fraction of sp³-hybridized carbons (Fsp3) is 0.583. The van der Waals surface area contributed by atoms with Crippen LogP contribution in [-0.2, 0) is 11.2 Å². The molecular formula is C24H33N5O3. The number of hydrogen-bond acceptors (Lipinski definition) is 8. The van der Waals surface area contributed by atoms with Gasteiger partial charge in [-0.2, -0.15) is 9.97 Å². The van der Waals surface area contributed by atoms with Crippen molar-refractivity contribution in [1.82, 2.24) is 14.9 Å². The Morgan fingerprint density at radius 2 is 2.00 bits per heavy atom. The summed E-state index contributed by atoms with van der Waals surface area (Å²) in [7, 11) is 3.89. The average molecular weight is 440 g/mol. The van der Waals surface area contributed by atoms with Crippen molar-refractivity contribution in [3.05, 3.63) is 29.8 Å². The lowest BCUT2D eigenvalue weighted by molar-refractivity contribution is 0.121. The number of benzene rings is 1. The first-order valence-corrected chi connectivity index (χ1v) is 11.7. The third-order valence-corrected chi connectivity index (χ3v) is 6.61. The number of nitrogens with zero attached hydrogens (tertiary/aromatic N) is 5. The van der Waals surface area contributed by atoms with Crippen molar-refractivity contribution >= 4 is 17.5 Å². The summed E-state index contributed by atoms with van der Waals surface area (Å²) in [5, 5.41) is 0. The summed E-state index contributed by atoms with van der Waals surface area (Å²) in [5.41, 5.74) is 2.18. The van der Waals surface area contributed by atoms with Crippen LogP contribution in [0.4, 0.5) is 17.5 Å². The molecule has 172 valence electrons. The van der Waals surface area contributed by atoms with Crippen molar-refractivity contribution in [2.75, 3.05) is 76.5 Å². The highest BCUT2D eigenvalue weighted by molar-refractivity contribution is 5.70. The van der Waals surface area contributed by atoms with Crippen LogP contribution < -0.4 is 19.3 Å². The minimum Gasteiger partial charge on any atom is -0.497 e. The molecule has 2 aromatic rings. The van der Waals surface area contributed by atoms with Gasteiger partial charge >= 0.3 is 0 Å². The van der Waals surface area contributed by atoms with Crippen LogP contribution in [0.25, 0.3) is 0 Å². The predicted octanol–water partition coefficient (Wildman–Crippen LogP) is 2.74. The number of piperidine rings is 1. The average Bonchev–Trinajstić information content (AvgIpc) is 3.27. The molecule has 1 atom stereocenters. The molecule has 5 rings (SSSR count). The Hall–Kier alpha value is -2.58. The second-order valence-corrected chi connectivity index (χ2v) is 8.91. The molecule has 4 heterocycles. The first-order chi connectivity index (χ1) is 15.7. The minimum atomic E-state index is 0.544. The maximum atomic E-state index is 6.41. The number of aromatic nitrogens is 2. The summed E-state index contributed by atoms with van der Waals surface area (Å²) in [5.74, 6) is 3.82. The molecule has 1 unspecified atom stereocenters. The fourth-order valence-corrected chi connectivity index (χ4v) is 4.87. The van der Waals surface area contributed by atoms with Gasteiger partial charge in [0.15, 0.2) is 0 Å². The molecule has 0 aliphatic carbocycles. The molecule has 3 aliphatic heterocycles. The Labute approximate surface area is 190 Å². The molecule has 32 heavy (non-hydrogen) atoms. The fourth-order valence-electron chi connectivity index (χ4n) is 4.87. The van der Waals surface area contributed by atoms with E-state index in [1.54, 1.807) is 7.11 Å². The number of likely N-dealkylation sites (tertiary alicyclic amines) is 1. The molecule has 0 spiro atoms. The number of rotatable bonds is 6. The zero-order valence-corrected chi connectivity index (χ0v) is 19.1. The lowest BCUT2D eigenvalue weighted by atomic mass is 10.00. The molecule has 0 saturated carbocycles. The van der Waals surface area contributed by atoms with Crippen LogP contribution in [0.1, 0.15) is 18.4 Å². The molecule has 2 fully saturated rings. The summed E-state index contributed by atoms with van der Waals surface area (Å²) in [6.07, 6.45) is 3.31. The van der Waals surface area contributed by atoms with E-state index in [-0.39, 0.29) is 0 Å². The van der Waals surface area contributed by atoms with Crippen molar-refractivity contribution in [3.63, 3.8) is 0 Å². The Morgan fingerprint density at radius 3 is 2.81 bits per heavy atom. The van der Waals surface area contributed by atoms with Crippen molar-refractivity contribution in [2.45, 2.75) is 19.3 Å². The molecule has 0 radical (unpaired) electrons. The third-order valence-electron chi connectivity index (χ3n) is 6.61. The summed E-state index contributed by atoms with van der Waals surface area (Å²) >= 11 is 0. The minimum absolute atomic E-state index is 0.544. The molecule has 1 aromatic heterocycles. The highest BCUT2D eigenvalue weighted by Crippen LogP contribution is 2.39. The molecule has 8 heteroatoms. The zero-order valence-electron chi connectivity index (χ0n) is 19.1. The first kappa shape index (κ1) is 21.3. The van der Waals surface area contributed by atoms with Crippen LogP contribution in [0.5, 0.6) is 11.6 Å². The van der Waals surface area contributed by atoms with E-state index in [2.05, 4.69) is 33.9 Å². The van der Waals surface area contributed by atoms with Gasteiger partial charge in [0.2, 0.25) is 11.8 Å². The van der Waals surface area contributed by atoms with E-state index in [0.29, 0.717) is 25.7 Å². The van der Waals surface area contributed by atoms with Crippen molar-refractivity contribution in [1.29, 1.82) is 0 Å². The number of ether oxygens (including phenoxy) is 3. The van der Waals surface area contributed by atoms with Gasteiger partial charge in [0, 0.05) is 43.9 Å². The van der Waals surface area contributed by atoms with Gasteiger partial charge < -0.3 is 28.9 Å². The summed E-state index contributed by atoms with van der Waals surface area (Å²) < 4.78 is 17.4.